The summed E-state index contributed by atoms with van der Waals surface area (Å²) in [5, 5.41) is 3.60. The number of hydrogen-bond donors (Lipinski definition) is 1. The standard InChI is InChI=1S/C13H14Cl2N2O2/c14-9-5-10(15)7-11(6-9)16-12(18)8-17-4-2-1-3-13(17)19/h5-7H,1-4,8H2,(H,16,18). The second kappa shape index (κ2) is 6.26. The van der Waals surface area contributed by atoms with E-state index in [2.05, 4.69) is 5.32 Å². The molecular weight excluding hydrogens is 287 g/mol. The average molecular weight is 301 g/mol. The highest BCUT2D eigenvalue weighted by atomic mass is 35.5. The number of carbonyl (C=O) groups excluding carboxylic acids is 2. The number of anilines is 1. The summed E-state index contributed by atoms with van der Waals surface area (Å²) in [6.07, 6.45) is 2.37. The third-order valence-electron chi connectivity index (χ3n) is 2.90. The Labute approximate surface area is 121 Å². The molecular formula is C13H14Cl2N2O2. The molecule has 0 spiro atoms. The van der Waals surface area contributed by atoms with Gasteiger partial charge >= 0.3 is 0 Å². The van der Waals surface area contributed by atoms with Crippen molar-refractivity contribution < 1.29 is 9.59 Å². The number of likely N-dealkylation sites (tertiary alicyclic amines) is 1. The average Bonchev–Trinajstić information content (AvgIpc) is 2.30. The van der Waals surface area contributed by atoms with Gasteiger partial charge in [0.2, 0.25) is 11.8 Å². The number of benzene rings is 1. The third kappa shape index (κ3) is 4.11. The number of halogens is 2. The van der Waals surface area contributed by atoms with Gasteiger partial charge < -0.3 is 10.2 Å². The van der Waals surface area contributed by atoms with Crippen LogP contribution in [0.5, 0.6) is 0 Å². The molecule has 0 aromatic heterocycles. The van der Waals surface area contributed by atoms with Crippen molar-refractivity contribution in [3.05, 3.63) is 28.2 Å². The molecule has 1 heterocycles. The molecule has 0 bridgehead atoms. The van der Waals surface area contributed by atoms with Crippen LogP contribution >= 0.6 is 23.2 Å². The molecule has 102 valence electrons. The lowest BCUT2D eigenvalue weighted by molar-refractivity contribution is -0.136. The number of rotatable bonds is 3. The van der Waals surface area contributed by atoms with Gasteiger partial charge in [-0.15, -0.1) is 0 Å². The maximum atomic E-state index is 11.9. The van der Waals surface area contributed by atoms with Gasteiger partial charge in [0, 0.05) is 28.7 Å². The molecule has 1 fully saturated rings. The van der Waals surface area contributed by atoms with Crippen LogP contribution in [0.15, 0.2) is 18.2 Å². The van der Waals surface area contributed by atoms with Crippen LogP contribution in [0.3, 0.4) is 0 Å². The number of nitrogens with one attached hydrogen (secondary N) is 1. The first kappa shape index (κ1) is 14.2. The van der Waals surface area contributed by atoms with Crippen molar-refractivity contribution in [1.29, 1.82) is 0 Å². The van der Waals surface area contributed by atoms with E-state index < -0.39 is 0 Å². The van der Waals surface area contributed by atoms with Crippen molar-refractivity contribution in [3.63, 3.8) is 0 Å². The van der Waals surface area contributed by atoms with E-state index in [4.69, 9.17) is 23.2 Å². The molecule has 1 saturated heterocycles. The zero-order chi connectivity index (χ0) is 13.8. The van der Waals surface area contributed by atoms with E-state index in [1.165, 1.54) is 0 Å². The molecule has 2 amide bonds. The fourth-order valence-electron chi connectivity index (χ4n) is 2.03. The summed E-state index contributed by atoms with van der Waals surface area (Å²) in [7, 11) is 0. The summed E-state index contributed by atoms with van der Waals surface area (Å²) in [5.74, 6) is -0.209. The lowest BCUT2D eigenvalue weighted by Gasteiger charge is -2.25. The minimum absolute atomic E-state index is 0.0329. The van der Waals surface area contributed by atoms with Crippen molar-refractivity contribution in [3.8, 4) is 0 Å². The molecule has 1 aliphatic heterocycles. The Bertz CT molecular complexity index is 485. The lowest BCUT2D eigenvalue weighted by Crippen LogP contribution is -2.40. The second-order valence-electron chi connectivity index (χ2n) is 4.48. The number of hydrogen-bond acceptors (Lipinski definition) is 2. The lowest BCUT2D eigenvalue weighted by atomic mass is 10.1. The minimum atomic E-state index is -0.242. The van der Waals surface area contributed by atoms with Gasteiger partial charge in [-0.25, -0.2) is 0 Å². The van der Waals surface area contributed by atoms with Crippen LogP contribution in [0.25, 0.3) is 0 Å². The first-order chi connectivity index (χ1) is 9.04. The van der Waals surface area contributed by atoms with Crippen LogP contribution in [-0.4, -0.2) is 29.8 Å². The Morgan fingerprint density at radius 2 is 1.89 bits per heavy atom. The van der Waals surface area contributed by atoms with Crippen LogP contribution in [0.2, 0.25) is 10.0 Å². The molecule has 0 aliphatic carbocycles. The van der Waals surface area contributed by atoms with Crippen LogP contribution in [0.4, 0.5) is 5.69 Å². The quantitative estimate of drug-likeness (QED) is 0.933. The van der Waals surface area contributed by atoms with Crippen molar-refractivity contribution in [2.45, 2.75) is 19.3 Å². The van der Waals surface area contributed by atoms with E-state index in [1.807, 2.05) is 0 Å². The van der Waals surface area contributed by atoms with Crippen molar-refractivity contribution >= 4 is 40.7 Å². The number of piperidine rings is 1. The van der Waals surface area contributed by atoms with Crippen molar-refractivity contribution in [1.82, 2.24) is 4.90 Å². The summed E-state index contributed by atoms with van der Waals surface area (Å²) in [6.45, 7) is 0.714. The van der Waals surface area contributed by atoms with Gasteiger partial charge in [-0.1, -0.05) is 23.2 Å². The smallest absolute Gasteiger partial charge is 0.243 e. The van der Waals surface area contributed by atoms with Gasteiger partial charge in [0.1, 0.15) is 0 Å². The van der Waals surface area contributed by atoms with Crippen LogP contribution in [0, 0.1) is 0 Å². The van der Waals surface area contributed by atoms with Crippen LogP contribution in [0.1, 0.15) is 19.3 Å². The summed E-state index contributed by atoms with van der Waals surface area (Å²) in [6, 6.07) is 4.82. The Balaban J connectivity index is 1.95. The number of nitrogens with zero attached hydrogens (tertiary/aromatic N) is 1. The summed E-state index contributed by atoms with van der Waals surface area (Å²) < 4.78 is 0. The largest absolute Gasteiger partial charge is 0.333 e. The zero-order valence-electron chi connectivity index (χ0n) is 10.3. The Morgan fingerprint density at radius 1 is 1.21 bits per heavy atom. The van der Waals surface area contributed by atoms with Crippen molar-refractivity contribution in [2.24, 2.45) is 0 Å². The van der Waals surface area contributed by atoms with E-state index in [9.17, 15) is 9.59 Å². The topological polar surface area (TPSA) is 49.4 Å². The SMILES string of the molecule is O=C(CN1CCCCC1=O)Nc1cc(Cl)cc(Cl)c1. The fraction of sp³-hybridized carbons (Fsp3) is 0.385. The molecule has 0 atom stereocenters. The summed E-state index contributed by atoms with van der Waals surface area (Å²) in [4.78, 5) is 25.0. The highest BCUT2D eigenvalue weighted by Gasteiger charge is 2.20. The Morgan fingerprint density at radius 3 is 2.53 bits per heavy atom. The van der Waals surface area contributed by atoms with Gasteiger partial charge in [0.25, 0.3) is 0 Å². The molecule has 1 aromatic carbocycles. The van der Waals surface area contributed by atoms with E-state index in [-0.39, 0.29) is 18.4 Å². The van der Waals surface area contributed by atoms with Gasteiger partial charge in [0.05, 0.1) is 6.54 Å². The van der Waals surface area contributed by atoms with Crippen LogP contribution in [-0.2, 0) is 9.59 Å². The first-order valence-electron chi connectivity index (χ1n) is 6.08. The molecule has 4 nitrogen and oxygen atoms in total. The highest BCUT2D eigenvalue weighted by molar-refractivity contribution is 6.35. The van der Waals surface area contributed by atoms with Crippen LogP contribution < -0.4 is 5.32 Å². The van der Waals surface area contributed by atoms with E-state index in [0.717, 1.165) is 12.8 Å². The Kier molecular flexibility index (Phi) is 4.66. The Hall–Kier alpha value is -1.26. The first-order valence-corrected chi connectivity index (χ1v) is 6.84. The molecule has 2 rings (SSSR count). The molecule has 1 aliphatic rings. The predicted octanol–water partition coefficient (Wildman–Crippen LogP) is 2.94. The highest BCUT2D eigenvalue weighted by Crippen LogP contribution is 2.22. The van der Waals surface area contributed by atoms with Gasteiger partial charge in [0.15, 0.2) is 0 Å². The van der Waals surface area contributed by atoms with E-state index >= 15 is 0 Å². The second-order valence-corrected chi connectivity index (χ2v) is 5.35. The van der Waals surface area contributed by atoms with Gasteiger partial charge in [-0.2, -0.15) is 0 Å². The fourth-order valence-corrected chi connectivity index (χ4v) is 2.55. The number of carbonyl (C=O) groups is 2. The molecule has 0 saturated carbocycles. The molecule has 1 N–H and O–H groups in total. The summed E-state index contributed by atoms with van der Waals surface area (Å²) in [5.41, 5.74) is 0.534. The third-order valence-corrected chi connectivity index (χ3v) is 3.34. The predicted molar refractivity (Wildman–Crippen MR) is 75.5 cm³/mol. The monoisotopic (exact) mass is 300 g/mol. The maximum Gasteiger partial charge on any atom is 0.243 e. The van der Waals surface area contributed by atoms with Gasteiger partial charge in [-0.05, 0) is 31.0 Å². The van der Waals surface area contributed by atoms with E-state index in [0.29, 0.717) is 28.7 Å². The molecule has 0 unspecified atom stereocenters. The van der Waals surface area contributed by atoms with E-state index in [1.54, 1.807) is 23.1 Å². The van der Waals surface area contributed by atoms with Gasteiger partial charge in [-0.3, -0.25) is 9.59 Å². The number of amides is 2. The van der Waals surface area contributed by atoms with Crippen molar-refractivity contribution in [2.75, 3.05) is 18.4 Å². The molecule has 1 aromatic rings. The summed E-state index contributed by atoms with van der Waals surface area (Å²) >= 11 is 11.7. The molecule has 0 radical (unpaired) electrons. The normalized spacial score (nSPS) is 15.5. The minimum Gasteiger partial charge on any atom is -0.333 e. The molecule has 19 heavy (non-hydrogen) atoms. The zero-order valence-corrected chi connectivity index (χ0v) is 11.8. The molecule has 6 heteroatoms. The maximum absolute atomic E-state index is 11.9.